The number of aryl methyl sites for hydroxylation is 2. The highest BCUT2D eigenvalue weighted by atomic mass is 16.5. The van der Waals surface area contributed by atoms with Gasteiger partial charge in [-0.25, -0.2) is 4.98 Å². The van der Waals surface area contributed by atoms with Gasteiger partial charge in [0, 0.05) is 54.6 Å². The first-order valence-electron chi connectivity index (χ1n) is 11.2. The summed E-state index contributed by atoms with van der Waals surface area (Å²) in [6, 6.07) is 12.1. The van der Waals surface area contributed by atoms with Crippen molar-refractivity contribution in [3.63, 3.8) is 0 Å². The van der Waals surface area contributed by atoms with Crippen LogP contribution in [0.15, 0.2) is 42.6 Å². The number of amides is 1. The summed E-state index contributed by atoms with van der Waals surface area (Å²) in [7, 11) is 1.68. The number of ether oxygens (including phenoxy) is 1. The lowest BCUT2D eigenvalue weighted by atomic mass is 10.1. The minimum Gasteiger partial charge on any atom is -0.497 e. The monoisotopic (exact) mass is 431 g/mol. The van der Waals surface area contributed by atoms with Gasteiger partial charge in [-0.05, 0) is 57.0 Å². The van der Waals surface area contributed by atoms with Gasteiger partial charge >= 0.3 is 0 Å². The number of piperidine rings is 1. The van der Waals surface area contributed by atoms with Crippen LogP contribution in [0, 0.1) is 6.92 Å². The van der Waals surface area contributed by atoms with E-state index in [0.29, 0.717) is 12.1 Å². The van der Waals surface area contributed by atoms with Gasteiger partial charge in [0.1, 0.15) is 17.1 Å². The fraction of sp³-hybridized carbons (Fsp3) is 0.360. The van der Waals surface area contributed by atoms with E-state index in [0.717, 1.165) is 65.3 Å². The SMILES string of the molecule is CCn1c(-c2nc3cc(C(=O)N4CCC[C@@H](N)C4)ccn3c2C)cc2ccc(OC)cc21. The molecule has 4 heterocycles. The molecule has 3 aromatic heterocycles. The molecular formula is C25H29N5O2. The van der Waals surface area contributed by atoms with Crippen molar-refractivity contribution in [3.8, 4) is 17.1 Å². The van der Waals surface area contributed by atoms with Gasteiger partial charge < -0.3 is 24.3 Å². The van der Waals surface area contributed by atoms with E-state index in [1.807, 2.05) is 33.7 Å². The molecule has 4 aromatic rings. The number of carbonyl (C=O) groups excluding carboxylic acids is 1. The fourth-order valence-electron chi connectivity index (χ4n) is 4.82. The zero-order valence-corrected chi connectivity index (χ0v) is 18.8. The summed E-state index contributed by atoms with van der Waals surface area (Å²) < 4.78 is 9.73. The molecule has 1 aromatic carbocycles. The minimum absolute atomic E-state index is 0.0274. The van der Waals surface area contributed by atoms with Crippen LogP contribution in [0.2, 0.25) is 0 Å². The molecule has 0 unspecified atom stereocenters. The molecule has 1 atom stereocenters. The van der Waals surface area contributed by atoms with E-state index in [1.165, 1.54) is 0 Å². The van der Waals surface area contributed by atoms with Gasteiger partial charge in [0.05, 0.1) is 18.3 Å². The first-order valence-corrected chi connectivity index (χ1v) is 11.2. The van der Waals surface area contributed by atoms with Crippen molar-refractivity contribution in [2.24, 2.45) is 5.73 Å². The topological polar surface area (TPSA) is 77.8 Å². The number of hydrogen-bond donors (Lipinski definition) is 1. The smallest absolute Gasteiger partial charge is 0.254 e. The quantitative estimate of drug-likeness (QED) is 0.532. The number of fused-ring (bicyclic) bond motifs is 2. The van der Waals surface area contributed by atoms with E-state index in [9.17, 15) is 4.79 Å². The van der Waals surface area contributed by atoms with E-state index in [1.54, 1.807) is 7.11 Å². The number of carbonyl (C=O) groups is 1. The highest BCUT2D eigenvalue weighted by molar-refractivity contribution is 5.95. The van der Waals surface area contributed by atoms with E-state index in [4.69, 9.17) is 15.5 Å². The second kappa shape index (κ2) is 7.98. The van der Waals surface area contributed by atoms with Crippen LogP contribution in [0.1, 0.15) is 35.8 Å². The fourth-order valence-corrected chi connectivity index (χ4v) is 4.82. The van der Waals surface area contributed by atoms with Crippen LogP contribution in [-0.4, -0.2) is 51.0 Å². The number of pyridine rings is 1. The van der Waals surface area contributed by atoms with Crippen molar-refractivity contribution in [2.45, 2.75) is 39.3 Å². The lowest BCUT2D eigenvalue weighted by molar-refractivity contribution is 0.0709. The number of rotatable bonds is 4. The Labute approximate surface area is 187 Å². The Kier molecular flexibility index (Phi) is 5.13. The summed E-state index contributed by atoms with van der Waals surface area (Å²) in [6.07, 6.45) is 3.87. The molecule has 5 rings (SSSR count). The average molecular weight is 432 g/mol. The number of aromatic nitrogens is 3. The third kappa shape index (κ3) is 3.33. The van der Waals surface area contributed by atoms with Crippen LogP contribution >= 0.6 is 0 Å². The minimum atomic E-state index is 0.0274. The van der Waals surface area contributed by atoms with Crippen molar-refractivity contribution >= 4 is 22.5 Å². The van der Waals surface area contributed by atoms with Crippen molar-refractivity contribution in [1.82, 2.24) is 18.9 Å². The van der Waals surface area contributed by atoms with Gasteiger partial charge in [-0.3, -0.25) is 4.79 Å². The lowest BCUT2D eigenvalue weighted by Gasteiger charge is -2.30. The molecule has 1 aliphatic rings. The summed E-state index contributed by atoms with van der Waals surface area (Å²) in [5.41, 5.74) is 11.7. The van der Waals surface area contributed by atoms with Crippen molar-refractivity contribution in [3.05, 3.63) is 53.9 Å². The van der Waals surface area contributed by atoms with Gasteiger partial charge in [0.2, 0.25) is 0 Å². The van der Waals surface area contributed by atoms with E-state index >= 15 is 0 Å². The summed E-state index contributed by atoms with van der Waals surface area (Å²) in [6.45, 7) is 6.39. The molecule has 166 valence electrons. The maximum atomic E-state index is 13.0. The summed E-state index contributed by atoms with van der Waals surface area (Å²) >= 11 is 0. The molecule has 7 nitrogen and oxygen atoms in total. The molecule has 0 saturated carbocycles. The van der Waals surface area contributed by atoms with Crippen molar-refractivity contribution in [2.75, 3.05) is 20.2 Å². The third-order valence-electron chi connectivity index (χ3n) is 6.53. The van der Waals surface area contributed by atoms with Gasteiger partial charge in [0.25, 0.3) is 5.91 Å². The first kappa shape index (κ1) is 20.6. The molecule has 1 amide bonds. The number of methoxy groups -OCH3 is 1. The number of hydrogen-bond acceptors (Lipinski definition) is 4. The Morgan fingerprint density at radius 2 is 2.09 bits per heavy atom. The van der Waals surface area contributed by atoms with E-state index in [2.05, 4.69) is 36.6 Å². The van der Waals surface area contributed by atoms with Crippen LogP contribution in [-0.2, 0) is 6.54 Å². The first-order chi connectivity index (χ1) is 15.5. The van der Waals surface area contributed by atoms with Gasteiger partial charge in [-0.2, -0.15) is 0 Å². The van der Waals surface area contributed by atoms with Crippen LogP contribution in [0.4, 0.5) is 0 Å². The molecule has 0 radical (unpaired) electrons. The molecule has 7 heteroatoms. The number of likely N-dealkylation sites (tertiary alicyclic amines) is 1. The molecule has 32 heavy (non-hydrogen) atoms. The molecule has 0 aliphatic carbocycles. The maximum Gasteiger partial charge on any atom is 0.254 e. The largest absolute Gasteiger partial charge is 0.497 e. The molecule has 1 aliphatic heterocycles. The number of imidazole rings is 1. The molecule has 0 bridgehead atoms. The zero-order chi connectivity index (χ0) is 22.4. The van der Waals surface area contributed by atoms with E-state index < -0.39 is 0 Å². The molecule has 2 N–H and O–H groups in total. The normalized spacial score (nSPS) is 16.8. The number of nitrogens with zero attached hydrogens (tertiary/aromatic N) is 4. The summed E-state index contributed by atoms with van der Waals surface area (Å²) in [4.78, 5) is 19.9. The average Bonchev–Trinajstić information content (AvgIpc) is 3.34. The van der Waals surface area contributed by atoms with E-state index in [-0.39, 0.29) is 11.9 Å². The zero-order valence-electron chi connectivity index (χ0n) is 18.8. The van der Waals surface area contributed by atoms with Crippen molar-refractivity contribution < 1.29 is 9.53 Å². The summed E-state index contributed by atoms with van der Waals surface area (Å²) in [5, 5.41) is 1.15. The standard InChI is InChI=1S/C25H29N5O2/c1-4-29-21-14-20(32-3)8-7-17(21)12-22(29)24-16(2)30-11-9-18(13-23(30)27-24)25(31)28-10-5-6-19(26)15-28/h7-9,11-14,19H,4-6,10,15,26H2,1-3H3/t19-/m1/s1. The maximum absolute atomic E-state index is 13.0. The Hall–Kier alpha value is -3.32. The lowest BCUT2D eigenvalue weighted by Crippen LogP contribution is -2.45. The predicted octanol–water partition coefficient (Wildman–Crippen LogP) is 3.86. The highest BCUT2D eigenvalue weighted by Gasteiger charge is 2.23. The predicted molar refractivity (Wildman–Crippen MR) is 126 cm³/mol. The Morgan fingerprint density at radius 3 is 2.84 bits per heavy atom. The molecule has 1 saturated heterocycles. The Balaban J connectivity index is 1.57. The second-order valence-electron chi connectivity index (χ2n) is 8.54. The third-order valence-corrected chi connectivity index (χ3v) is 6.53. The highest BCUT2D eigenvalue weighted by Crippen LogP contribution is 2.32. The second-order valence-corrected chi connectivity index (χ2v) is 8.54. The summed E-state index contributed by atoms with van der Waals surface area (Å²) in [5.74, 6) is 0.865. The molecule has 0 spiro atoms. The number of benzene rings is 1. The molecule has 1 fully saturated rings. The Morgan fingerprint density at radius 1 is 1.25 bits per heavy atom. The van der Waals surface area contributed by atoms with Crippen LogP contribution in [0.25, 0.3) is 27.9 Å². The Bertz CT molecular complexity index is 1320. The van der Waals surface area contributed by atoms with Crippen LogP contribution < -0.4 is 10.5 Å². The van der Waals surface area contributed by atoms with Gasteiger partial charge in [-0.1, -0.05) is 0 Å². The molecular weight excluding hydrogens is 402 g/mol. The van der Waals surface area contributed by atoms with Gasteiger partial charge in [0.15, 0.2) is 0 Å². The van der Waals surface area contributed by atoms with Crippen molar-refractivity contribution in [1.29, 1.82) is 0 Å². The van der Waals surface area contributed by atoms with Crippen LogP contribution in [0.3, 0.4) is 0 Å². The van der Waals surface area contributed by atoms with Gasteiger partial charge in [-0.15, -0.1) is 0 Å². The van der Waals surface area contributed by atoms with Crippen LogP contribution in [0.5, 0.6) is 5.75 Å². The number of nitrogens with two attached hydrogens (primary N) is 1.